The van der Waals surface area contributed by atoms with E-state index in [0.29, 0.717) is 0 Å². The van der Waals surface area contributed by atoms with Crippen LogP contribution in [0, 0.1) is 23.2 Å². The van der Waals surface area contributed by atoms with E-state index in [9.17, 15) is 4.79 Å². The molecule has 3 N–H and O–H groups in total. The third-order valence-corrected chi connectivity index (χ3v) is 5.96. The third kappa shape index (κ3) is 1.97. The Bertz CT molecular complexity index is 343. The van der Waals surface area contributed by atoms with Crippen molar-refractivity contribution < 1.29 is 4.79 Å². The SMILES string of the molecule is CC1(C(=O)NCC2CC3CCC2C3)CCCC1N. The van der Waals surface area contributed by atoms with Crippen LogP contribution in [0.4, 0.5) is 0 Å². The average molecular weight is 250 g/mol. The van der Waals surface area contributed by atoms with Gasteiger partial charge in [-0.2, -0.15) is 0 Å². The van der Waals surface area contributed by atoms with Crippen molar-refractivity contribution in [2.75, 3.05) is 6.54 Å². The number of fused-ring (bicyclic) bond motifs is 2. The number of hydrogen-bond acceptors (Lipinski definition) is 2. The van der Waals surface area contributed by atoms with Crippen LogP contribution in [0.2, 0.25) is 0 Å². The Morgan fingerprint density at radius 2 is 2.17 bits per heavy atom. The molecule has 18 heavy (non-hydrogen) atoms. The highest BCUT2D eigenvalue weighted by atomic mass is 16.2. The molecule has 102 valence electrons. The van der Waals surface area contributed by atoms with Crippen LogP contribution in [0.1, 0.15) is 51.9 Å². The van der Waals surface area contributed by atoms with Crippen LogP contribution >= 0.6 is 0 Å². The van der Waals surface area contributed by atoms with Gasteiger partial charge in [0.05, 0.1) is 5.41 Å². The fourth-order valence-corrected chi connectivity index (χ4v) is 4.53. The molecule has 1 amide bonds. The van der Waals surface area contributed by atoms with Gasteiger partial charge in [0.15, 0.2) is 0 Å². The Balaban J connectivity index is 1.53. The highest BCUT2D eigenvalue weighted by Gasteiger charge is 2.44. The largest absolute Gasteiger partial charge is 0.355 e. The fraction of sp³-hybridized carbons (Fsp3) is 0.933. The molecule has 0 aromatic carbocycles. The van der Waals surface area contributed by atoms with Gasteiger partial charge in [-0.05, 0) is 56.8 Å². The van der Waals surface area contributed by atoms with Gasteiger partial charge in [-0.3, -0.25) is 4.79 Å². The summed E-state index contributed by atoms with van der Waals surface area (Å²) in [7, 11) is 0. The van der Waals surface area contributed by atoms with Crippen LogP contribution in [-0.2, 0) is 4.79 Å². The Labute approximate surface area is 110 Å². The molecule has 5 atom stereocenters. The molecule has 3 rings (SSSR count). The minimum absolute atomic E-state index is 0.0533. The number of hydrogen-bond donors (Lipinski definition) is 2. The van der Waals surface area contributed by atoms with Gasteiger partial charge in [-0.15, -0.1) is 0 Å². The Morgan fingerprint density at radius 3 is 2.72 bits per heavy atom. The summed E-state index contributed by atoms with van der Waals surface area (Å²) >= 11 is 0. The zero-order valence-corrected chi connectivity index (χ0v) is 11.5. The smallest absolute Gasteiger partial charge is 0.227 e. The molecule has 0 spiro atoms. The number of nitrogens with two attached hydrogens (primary N) is 1. The summed E-state index contributed by atoms with van der Waals surface area (Å²) in [6.45, 7) is 2.93. The third-order valence-electron chi connectivity index (χ3n) is 5.96. The zero-order chi connectivity index (χ0) is 12.8. The van der Waals surface area contributed by atoms with E-state index in [0.717, 1.165) is 43.6 Å². The summed E-state index contributed by atoms with van der Waals surface area (Å²) in [5.74, 6) is 2.80. The number of rotatable bonds is 3. The van der Waals surface area contributed by atoms with Crippen molar-refractivity contribution in [1.29, 1.82) is 0 Å². The highest BCUT2D eigenvalue weighted by molar-refractivity contribution is 5.83. The molecule has 3 saturated carbocycles. The predicted octanol–water partition coefficient (Wildman–Crippen LogP) is 2.06. The van der Waals surface area contributed by atoms with Gasteiger partial charge in [0.1, 0.15) is 0 Å². The van der Waals surface area contributed by atoms with Crippen LogP contribution in [-0.4, -0.2) is 18.5 Å². The summed E-state index contributed by atoms with van der Waals surface area (Å²) in [6.07, 6.45) is 8.62. The molecule has 3 fully saturated rings. The molecule has 2 bridgehead atoms. The molecule has 0 aromatic heterocycles. The van der Waals surface area contributed by atoms with Gasteiger partial charge >= 0.3 is 0 Å². The molecular weight excluding hydrogens is 224 g/mol. The van der Waals surface area contributed by atoms with Gasteiger partial charge in [0.25, 0.3) is 0 Å². The highest BCUT2D eigenvalue weighted by Crippen LogP contribution is 2.48. The first kappa shape index (κ1) is 12.5. The zero-order valence-electron chi connectivity index (χ0n) is 11.5. The second-order valence-corrected chi connectivity index (χ2v) is 7.06. The second kappa shape index (κ2) is 4.52. The standard InChI is InChI=1S/C15H26N2O/c1-15(6-2-3-13(15)16)14(18)17-9-12-8-10-4-5-11(12)7-10/h10-13H,2-9,16H2,1H3,(H,17,18). The molecule has 3 nitrogen and oxygen atoms in total. The lowest BCUT2D eigenvalue weighted by Gasteiger charge is -2.29. The van der Waals surface area contributed by atoms with E-state index in [1.54, 1.807) is 0 Å². The van der Waals surface area contributed by atoms with Crippen LogP contribution in [0.5, 0.6) is 0 Å². The molecule has 0 saturated heterocycles. The summed E-state index contributed by atoms with van der Waals surface area (Å²) in [6, 6.07) is 0.0533. The van der Waals surface area contributed by atoms with Gasteiger partial charge in [-0.25, -0.2) is 0 Å². The minimum atomic E-state index is -0.308. The van der Waals surface area contributed by atoms with E-state index in [1.165, 1.54) is 25.7 Å². The van der Waals surface area contributed by atoms with Crippen molar-refractivity contribution in [1.82, 2.24) is 5.32 Å². The van der Waals surface area contributed by atoms with Crippen molar-refractivity contribution >= 4 is 5.91 Å². The molecule has 0 heterocycles. The van der Waals surface area contributed by atoms with Crippen LogP contribution in [0.3, 0.4) is 0 Å². The topological polar surface area (TPSA) is 55.1 Å². The minimum Gasteiger partial charge on any atom is -0.355 e. The fourth-order valence-electron chi connectivity index (χ4n) is 4.53. The van der Waals surface area contributed by atoms with Crippen molar-refractivity contribution in [3.05, 3.63) is 0 Å². The van der Waals surface area contributed by atoms with Gasteiger partial charge in [0, 0.05) is 12.6 Å². The average Bonchev–Trinajstić information content (AvgIpc) is 3.04. The Kier molecular flexibility index (Phi) is 3.13. The first-order chi connectivity index (χ1) is 8.59. The van der Waals surface area contributed by atoms with Crippen LogP contribution < -0.4 is 11.1 Å². The summed E-state index contributed by atoms with van der Waals surface area (Å²) in [4.78, 5) is 12.3. The number of carbonyl (C=O) groups is 1. The first-order valence-electron chi connectivity index (χ1n) is 7.63. The predicted molar refractivity (Wildman–Crippen MR) is 71.9 cm³/mol. The monoisotopic (exact) mass is 250 g/mol. The molecule has 0 aliphatic heterocycles. The Hall–Kier alpha value is -0.570. The van der Waals surface area contributed by atoms with E-state index in [2.05, 4.69) is 5.32 Å². The second-order valence-electron chi connectivity index (χ2n) is 7.06. The number of amides is 1. The van der Waals surface area contributed by atoms with E-state index < -0.39 is 0 Å². The van der Waals surface area contributed by atoms with Crippen molar-refractivity contribution in [2.24, 2.45) is 28.9 Å². The quantitative estimate of drug-likeness (QED) is 0.805. The van der Waals surface area contributed by atoms with Gasteiger partial charge in [-0.1, -0.05) is 12.8 Å². The van der Waals surface area contributed by atoms with Crippen LogP contribution in [0.15, 0.2) is 0 Å². The Morgan fingerprint density at radius 1 is 1.33 bits per heavy atom. The number of nitrogens with one attached hydrogen (secondary N) is 1. The summed E-state index contributed by atoms with van der Waals surface area (Å²) in [5, 5.41) is 3.20. The maximum atomic E-state index is 12.3. The van der Waals surface area contributed by atoms with E-state index in [4.69, 9.17) is 5.73 Å². The van der Waals surface area contributed by atoms with Crippen LogP contribution in [0.25, 0.3) is 0 Å². The van der Waals surface area contributed by atoms with Crippen molar-refractivity contribution in [3.63, 3.8) is 0 Å². The molecular formula is C15H26N2O. The summed E-state index contributed by atoms with van der Waals surface area (Å²) in [5.41, 5.74) is 5.79. The normalized spacial score (nSPS) is 46.6. The maximum Gasteiger partial charge on any atom is 0.227 e. The van der Waals surface area contributed by atoms with Crippen molar-refractivity contribution in [3.8, 4) is 0 Å². The molecule has 5 unspecified atom stereocenters. The summed E-state index contributed by atoms with van der Waals surface area (Å²) < 4.78 is 0. The van der Waals surface area contributed by atoms with E-state index in [-0.39, 0.29) is 17.4 Å². The lowest BCUT2D eigenvalue weighted by Crippen LogP contribution is -2.48. The molecule has 3 heteroatoms. The molecule has 3 aliphatic carbocycles. The van der Waals surface area contributed by atoms with Crippen molar-refractivity contribution in [2.45, 2.75) is 57.9 Å². The lowest BCUT2D eigenvalue weighted by molar-refractivity contribution is -0.130. The van der Waals surface area contributed by atoms with E-state index in [1.807, 2.05) is 6.92 Å². The molecule has 3 aliphatic rings. The molecule has 0 radical (unpaired) electrons. The molecule has 0 aromatic rings. The van der Waals surface area contributed by atoms with Gasteiger partial charge in [0.2, 0.25) is 5.91 Å². The van der Waals surface area contributed by atoms with E-state index >= 15 is 0 Å². The lowest BCUT2D eigenvalue weighted by atomic mass is 9.83. The maximum absolute atomic E-state index is 12.3. The number of carbonyl (C=O) groups excluding carboxylic acids is 1. The van der Waals surface area contributed by atoms with Gasteiger partial charge < -0.3 is 11.1 Å². The first-order valence-corrected chi connectivity index (χ1v) is 7.63.